The lowest BCUT2D eigenvalue weighted by atomic mass is 9.99. The summed E-state index contributed by atoms with van der Waals surface area (Å²) < 4.78 is 0. The number of anilines is 1. The molecule has 0 aliphatic carbocycles. The van der Waals surface area contributed by atoms with E-state index in [4.69, 9.17) is 22.3 Å². The fourth-order valence-electron chi connectivity index (χ4n) is 2.51. The molecule has 17 heavy (non-hydrogen) atoms. The number of hydrogen-bond donors (Lipinski definition) is 1. The first-order valence-corrected chi connectivity index (χ1v) is 6.53. The number of halogens is 1. The van der Waals surface area contributed by atoms with Gasteiger partial charge in [0.25, 0.3) is 0 Å². The van der Waals surface area contributed by atoms with Crippen molar-refractivity contribution in [2.75, 3.05) is 18.1 Å². The summed E-state index contributed by atoms with van der Waals surface area (Å²) in [5.74, 6) is 5.12. The van der Waals surface area contributed by atoms with Crippen molar-refractivity contribution in [1.82, 2.24) is 0 Å². The maximum atomic E-state index is 6.26. The number of nitrogens with zero attached hydrogens (tertiary/aromatic N) is 1. The first-order valence-electron chi connectivity index (χ1n) is 6.16. The van der Waals surface area contributed by atoms with Crippen LogP contribution in [0.25, 0.3) is 0 Å². The summed E-state index contributed by atoms with van der Waals surface area (Å²) >= 11 is 6.26. The molecule has 3 nitrogen and oxygen atoms in total. The Labute approximate surface area is 107 Å². The molecule has 0 radical (unpaired) electrons. The third-order valence-electron chi connectivity index (χ3n) is 3.36. The Morgan fingerprint density at radius 1 is 1.35 bits per heavy atom. The maximum Gasteiger partial charge on any atom is 0.0698 e. The second kappa shape index (κ2) is 6.24. The predicted octanol–water partition coefficient (Wildman–Crippen LogP) is 2.98. The molecule has 1 heterocycles. The molecule has 1 aromatic rings. The van der Waals surface area contributed by atoms with Gasteiger partial charge in [-0.25, -0.2) is 5.90 Å². The Bertz CT molecular complexity index is 359. The van der Waals surface area contributed by atoms with Crippen molar-refractivity contribution in [3.8, 4) is 0 Å². The van der Waals surface area contributed by atoms with E-state index in [-0.39, 0.29) is 0 Å². The van der Waals surface area contributed by atoms with Gasteiger partial charge >= 0.3 is 0 Å². The van der Waals surface area contributed by atoms with Crippen LogP contribution >= 0.6 is 11.6 Å². The summed E-state index contributed by atoms with van der Waals surface area (Å²) in [6.07, 6.45) is 4.65. The Hall–Kier alpha value is -0.770. The van der Waals surface area contributed by atoms with E-state index in [2.05, 4.69) is 11.0 Å². The van der Waals surface area contributed by atoms with Crippen LogP contribution in [0.5, 0.6) is 0 Å². The largest absolute Gasteiger partial charge is 0.367 e. The molecule has 0 spiro atoms. The van der Waals surface area contributed by atoms with Gasteiger partial charge in [-0.05, 0) is 37.8 Å². The molecular formula is C13H19ClN2O. The van der Waals surface area contributed by atoms with E-state index in [0.29, 0.717) is 12.6 Å². The van der Waals surface area contributed by atoms with Crippen LogP contribution in [0, 0.1) is 0 Å². The molecule has 0 aromatic heterocycles. The standard InChI is InChI=1S/C13H19ClN2O/c14-12-6-1-2-7-13(12)16-9-4-3-5-11(16)8-10-17-15/h1-2,6-7,11H,3-5,8-10,15H2. The number of piperidine rings is 1. The molecule has 1 aliphatic rings. The first kappa shape index (κ1) is 12.7. The third-order valence-corrected chi connectivity index (χ3v) is 3.68. The van der Waals surface area contributed by atoms with Gasteiger partial charge < -0.3 is 9.74 Å². The minimum absolute atomic E-state index is 0.493. The molecule has 0 saturated carbocycles. The average Bonchev–Trinajstić information content (AvgIpc) is 2.37. The molecule has 1 fully saturated rings. The van der Waals surface area contributed by atoms with Crippen LogP contribution in [0.3, 0.4) is 0 Å². The first-order chi connectivity index (χ1) is 8.33. The van der Waals surface area contributed by atoms with Crippen LogP contribution < -0.4 is 10.8 Å². The van der Waals surface area contributed by atoms with E-state index in [1.807, 2.05) is 18.2 Å². The molecule has 1 saturated heterocycles. The Morgan fingerprint density at radius 3 is 2.94 bits per heavy atom. The Morgan fingerprint density at radius 2 is 2.18 bits per heavy atom. The smallest absolute Gasteiger partial charge is 0.0698 e. The number of rotatable bonds is 4. The molecule has 4 heteroatoms. The van der Waals surface area contributed by atoms with Crippen LogP contribution in [-0.4, -0.2) is 19.2 Å². The number of para-hydroxylation sites is 1. The molecule has 2 rings (SSSR count). The maximum absolute atomic E-state index is 6.26. The van der Waals surface area contributed by atoms with Gasteiger partial charge in [-0.15, -0.1) is 0 Å². The minimum Gasteiger partial charge on any atom is -0.367 e. The summed E-state index contributed by atoms with van der Waals surface area (Å²) in [5.41, 5.74) is 1.14. The van der Waals surface area contributed by atoms with Gasteiger partial charge in [-0.3, -0.25) is 0 Å². The van der Waals surface area contributed by atoms with Gasteiger partial charge in [0.1, 0.15) is 0 Å². The zero-order valence-corrected chi connectivity index (χ0v) is 10.7. The highest BCUT2D eigenvalue weighted by atomic mass is 35.5. The molecule has 0 amide bonds. The number of nitrogens with two attached hydrogens (primary N) is 1. The van der Waals surface area contributed by atoms with Crippen LogP contribution in [0.15, 0.2) is 24.3 Å². The molecule has 0 bridgehead atoms. The lowest BCUT2D eigenvalue weighted by Crippen LogP contribution is -2.40. The van der Waals surface area contributed by atoms with E-state index >= 15 is 0 Å². The molecule has 1 atom stereocenters. The zero-order chi connectivity index (χ0) is 12.1. The molecule has 1 aliphatic heterocycles. The van der Waals surface area contributed by atoms with Gasteiger partial charge in [-0.2, -0.15) is 0 Å². The van der Waals surface area contributed by atoms with Crippen molar-refractivity contribution >= 4 is 17.3 Å². The predicted molar refractivity (Wildman–Crippen MR) is 71.2 cm³/mol. The van der Waals surface area contributed by atoms with Gasteiger partial charge in [0.05, 0.1) is 17.3 Å². The van der Waals surface area contributed by atoms with Crippen molar-refractivity contribution in [2.45, 2.75) is 31.7 Å². The van der Waals surface area contributed by atoms with E-state index in [1.54, 1.807) is 0 Å². The fourth-order valence-corrected chi connectivity index (χ4v) is 2.75. The normalized spacial score (nSPS) is 20.6. The topological polar surface area (TPSA) is 38.5 Å². The molecule has 2 N–H and O–H groups in total. The highest BCUT2D eigenvalue weighted by molar-refractivity contribution is 6.33. The minimum atomic E-state index is 0.493. The van der Waals surface area contributed by atoms with Gasteiger partial charge in [0.2, 0.25) is 0 Å². The van der Waals surface area contributed by atoms with Crippen molar-refractivity contribution in [3.63, 3.8) is 0 Å². The molecule has 1 aromatic carbocycles. The van der Waals surface area contributed by atoms with E-state index in [0.717, 1.165) is 23.7 Å². The molecule has 94 valence electrons. The van der Waals surface area contributed by atoms with Gasteiger partial charge in [0, 0.05) is 12.6 Å². The summed E-state index contributed by atoms with van der Waals surface area (Å²) in [6, 6.07) is 8.53. The second-order valence-electron chi connectivity index (χ2n) is 4.45. The van der Waals surface area contributed by atoms with Crippen LogP contribution in [0.1, 0.15) is 25.7 Å². The van der Waals surface area contributed by atoms with Gasteiger partial charge in [0.15, 0.2) is 0 Å². The average molecular weight is 255 g/mol. The summed E-state index contributed by atoms with van der Waals surface area (Å²) in [6.45, 7) is 1.67. The highest BCUT2D eigenvalue weighted by Gasteiger charge is 2.23. The summed E-state index contributed by atoms with van der Waals surface area (Å²) in [4.78, 5) is 7.09. The summed E-state index contributed by atoms with van der Waals surface area (Å²) in [7, 11) is 0. The Balaban J connectivity index is 2.13. The van der Waals surface area contributed by atoms with Crippen molar-refractivity contribution < 1.29 is 4.84 Å². The zero-order valence-electron chi connectivity index (χ0n) is 9.94. The Kier molecular flexibility index (Phi) is 4.66. The van der Waals surface area contributed by atoms with E-state index in [1.165, 1.54) is 19.3 Å². The van der Waals surface area contributed by atoms with Gasteiger partial charge in [-0.1, -0.05) is 23.7 Å². The number of benzene rings is 1. The van der Waals surface area contributed by atoms with Crippen LogP contribution in [0.4, 0.5) is 5.69 Å². The van der Waals surface area contributed by atoms with E-state index in [9.17, 15) is 0 Å². The molecular weight excluding hydrogens is 236 g/mol. The summed E-state index contributed by atoms with van der Waals surface area (Å²) in [5, 5.41) is 0.827. The quantitative estimate of drug-likeness (QED) is 0.840. The highest BCUT2D eigenvalue weighted by Crippen LogP contribution is 2.31. The second-order valence-corrected chi connectivity index (χ2v) is 4.86. The van der Waals surface area contributed by atoms with Crippen molar-refractivity contribution in [2.24, 2.45) is 5.90 Å². The van der Waals surface area contributed by atoms with Crippen LogP contribution in [0.2, 0.25) is 5.02 Å². The lowest BCUT2D eigenvalue weighted by molar-refractivity contribution is 0.127. The number of hydrogen-bond acceptors (Lipinski definition) is 3. The van der Waals surface area contributed by atoms with E-state index < -0.39 is 0 Å². The SMILES string of the molecule is NOCCC1CCCCN1c1ccccc1Cl. The van der Waals surface area contributed by atoms with Crippen molar-refractivity contribution in [1.29, 1.82) is 0 Å². The van der Waals surface area contributed by atoms with Crippen molar-refractivity contribution in [3.05, 3.63) is 29.3 Å². The monoisotopic (exact) mass is 254 g/mol. The van der Waals surface area contributed by atoms with Crippen LogP contribution in [-0.2, 0) is 4.84 Å². The fraction of sp³-hybridized carbons (Fsp3) is 0.538. The molecule has 1 unspecified atom stereocenters. The third kappa shape index (κ3) is 3.12. The lowest BCUT2D eigenvalue weighted by Gasteiger charge is -2.38.